The number of hydrogen-bond acceptors (Lipinski definition) is 5. The molecular weight excluding hydrogens is 468 g/mol. The molecule has 1 saturated heterocycles. The lowest BCUT2D eigenvalue weighted by atomic mass is 9.94. The first-order valence-corrected chi connectivity index (χ1v) is 13.8. The van der Waals surface area contributed by atoms with Crippen molar-refractivity contribution in [2.45, 2.75) is 72.3 Å². The van der Waals surface area contributed by atoms with Crippen molar-refractivity contribution in [2.75, 3.05) is 31.6 Å². The molecule has 36 heavy (non-hydrogen) atoms. The maximum atomic E-state index is 13.3. The zero-order chi connectivity index (χ0) is 26.7. The van der Waals surface area contributed by atoms with Crippen molar-refractivity contribution < 1.29 is 9.59 Å². The summed E-state index contributed by atoms with van der Waals surface area (Å²) in [5.41, 5.74) is 3.24. The summed E-state index contributed by atoms with van der Waals surface area (Å²) in [5.74, 6) is -0.203. The van der Waals surface area contributed by atoms with Crippen LogP contribution in [0.4, 0.5) is 5.00 Å². The van der Waals surface area contributed by atoms with Crippen LogP contribution in [-0.4, -0.2) is 49.1 Å². The molecule has 2 aliphatic rings. The third kappa shape index (κ3) is 8.20. The van der Waals surface area contributed by atoms with Gasteiger partial charge in [-0.25, -0.2) is 0 Å². The van der Waals surface area contributed by atoms with E-state index in [1.54, 1.807) is 16.2 Å². The summed E-state index contributed by atoms with van der Waals surface area (Å²) in [7, 11) is 0. The highest BCUT2D eigenvalue weighted by Crippen LogP contribution is 2.36. The van der Waals surface area contributed by atoms with E-state index in [0.29, 0.717) is 25.3 Å². The third-order valence-electron chi connectivity index (χ3n) is 6.10. The molecule has 6 nitrogen and oxygen atoms in total. The van der Waals surface area contributed by atoms with Gasteiger partial charge >= 0.3 is 0 Å². The molecule has 0 aromatic carbocycles. The SMILES string of the molecule is C=CCCC(NCNc1sc(C(C)(C)C)cc1C(=O)N1CCNC(=O)C1)C1=C(C)CC=CC=C1.CC. The summed E-state index contributed by atoms with van der Waals surface area (Å²) < 4.78 is 0. The van der Waals surface area contributed by atoms with Gasteiger partial charge in [-0.15, -0.1) is 17.9 Å². The van der Waals surface area contributed by atoms with E-state index in [2.05, 4.69) is 74.5 Å². The maximum Gasteiger partial charge on any atom is 0.257 e. The zero-order valence-electron chi connectivity index (χ0n) is 22.9. The summed E-state index contributed by atoms with van der Waals surface area (Å²) in [6.07, 6.45) is 13.3. The van der Waals surface area contributed by atoms with E-state index in [1.165, 1.54) is 11.1 Å². The molecule has 1 aliphatic heterocycles. The summed E-state index contributed by atoms with van der Waals surface area (Å²) in [6.45, 7) is 18.2. The molecule has 2 heterocycles. The highest BCUT2D eigenvalue weighted by Gasteiger charge is 2.28. The third-order valence-corrected chi connectivity index (χ3v) is 7.62. The summed E-state index contributed by atoms with van der Waals surface area (Å²) in [4.78, 5) is 27.9. The smallest absolute Gasteiger partial charge is 0.257 e. The molecule has 1 aromatic heterocycles. The fraction of sp³-hybridized carbons (Fsp3) is 0.517. The maximum absolute atomic E-state index is 13.3. The Morgan fingerprint density at radius 3 is 2.72 bits per heavy atom. The van der Waals surface area contributed by atoms with Crippen molar-refractivity contribution in [1.29, 1.82) is 0 Å². The first-order chi connectivity index (χ1) is 17.2. The average molecular weight is 513 g/mol. The van der Waals surface area contributed by atoms with Crippen LogP contribution in [0, 0.1) is 0 Å². The molecule has 0 bridgehead atoms. The first-order valence-electron chi connectivity index (χ1n) is 13.0. The number of nitrogens with one attached hydrogen (secondary N) is 3. The van der Waals surface area contributed by atoms with Gasteiger partial charge in [0.2, 0.25) is 5.91 Å². The molecule has 3 rings (SSSR count). The summed E-state index contributed by atoms with van der Waals surface area (Å²) in [6, 6.07) is 2.18. The Balaban J connectivity index is 0.00000222. The normalized spacial score (nSPS) is 16.6. The number of allylic oxidation sites excluding steroid dienone is 5. The van der Waals surface area contributed by atoms with Gasteiger partial charge in [0, 0.05) is 24.0 Å². The molecular formula is C29H44N4O2S. The van der Waals surface area contributed by atoms with Crippen molar-refractivity contribution in [2.24, 2.45) is 0 Å². The van der Waals surface area contributed by atoms with Gasteiger partial charge in [0.05, 0.1) is 18.8 Å². The van der Waals surface area contributed by atoms with Gasteiger partial charge in [-0.05, 0) is 43.2 Å². The van der Waals surface area contributed by atoms with E-state index < -0.39 is 0 Å². The molecule has 0 spiro atoms. The number of amides is 2. The summed E-state index contributed by atoms with van der Waals surface area (Å²) >= 11 is 1.62. The van der Waals surface area contributed by atoms with Gasteiger partial charge in [-0.2, -0.15) is 0 Å². The Labute approximate surface area is 221 Å². The number of carbonyl (C=O) groups excluding carboxylic acids is 2. The first kappa shape index (κ1) is 29.6. The predicted octanol–water partition coefficient (Wildman–Crippen LogP) is 5.77. The lowest BCUT2D eigenvalue weighted by molar-refractivity contribution is -0.123. The number of piperazine rings is 1. The second-order valence-electron chi connectivity index (χ2n) is 9.88. The standard InChI is InChI=1S/C27H38N4O2S.C2H6/c1-6-7-13-22(20-12-10-8-9-11-19(20)2)29-18-30-25-21(16-23(34-25)27(3,4)5)26(33)31-15-14-28-24(32)17-31;1-2/h6,8-10,12,16,22,29-30H,1,7,11,13-15,17-18H2,2-5H3,(H,28,32);1-2H3. The van der Waals surface area contributed by atoms with Crippen LogP contribution < -0.4 is 16.0 Å². The molecule has 1 unspecified atom stereocenters. The van der Waals surface area contributed by atoms with Crippen LogP contribution in [0.3, 0.4) is 0 Å². The number of nitrogens with zero attached hydrogens (tertiary/aromatic N) is 1. The summed E-state index contributed by atoms with van der Waals surface area (Å²) in [5, 5.41) is 10.8. The number of hydrogen-bond donors (Lipinski definition) is 3. The van der Waals surface area contributed by atoms with Gasteiger partial charge in [-0.3, -0.25) is 14.9 Å². The predicted molar refractivity (Wildman–Crippen MR) is 154 cm³/mol. The second-order valence-corrected chi connectivity index (χ2v) is 10.9. The minimum Gasteiger partial charge on any atom is -0.364 e. The van der Waals surface area contributed by atoms with Crippen molar-refractivity contribution >= 4 is 28.2 Å². The van der Waals surface area contributed by atoms with E-state index >= 15 is 0 Å². The number of carbonyl (C=O) groups is 2. The van der Waals surface area contributed by atoms with Crippen LogP contribution in [-0.2, 0) is 10.2 Å². The van der Waals surface area contributed by atoms with Gasteiger partial charge in [0.15, 0.2) is 0 Å². The molecule has 0 saturated carbocycles. The van der Waals surface area contributed by atoms with E-state index in [-0.39, 0.29) is 29.8 Å². The minimum atomic E-state index is -0.110. The van der Waals surface area contributed by atoms with Crippen LogP contribution in [0.15, 0.2) is 54.2 Å². The van der Waals surface area contributed by atoms with Crippen LogP contribution in [0.5, 0.6) is 0 Å². The molecule has 3 N–H and O–H groups in total. The highest BCUT2D eigenvalue weighted by atomic mass is 32.1. The molecule has 1 aromatic rings. The van der Waals surface area contributed by atoms with Gasteiger partial charge in [-0.1, -0.05) is 70.6 Å². The number of rotatable bonds is 9. The quantitative estimate of drug-likeness (QED) is 0.290. The number of thiophene rings is 1. The van der Waals surface area contributed by atoms with Gasteiger partial charge < -0.3 is 15.5 Å². The van der Waals surface area contributed by atoms with E-state index in [4.69, 9.17) is 0 Å². The molecule has 0 radical (unpaired) electrons. The zero-order valence-corrected chi connectivity index (χ0v) is 23.7. The van der Waals surface area contributed by atoms with Crippen molar-refractivity contribution in [3.05, 3.63) is 64.6 Å². The van der Waals surface area contributed by atoms with Crippen LogP contribution in [0.2, 0.25) is 0 Å². The Morgan fingerprint density at radius 2 is 2.06 bits per heavy atom. The van der Waals surface area contributed by atoms with Crippen molar-refractivity contribution in [1.82, 2.24) is 15.5 Å². The fourth-order valence-corrected chi connectivity index (χ4v) is 5.20. The highest BCUT2D eigenvalue weighted by molar-refractivity contribution is 7.16. The Bertz CT molecular complexity index is 997. The van der Waals surface area contributed by atoms with Crippen LogP contribution in [0.25, 0.3) is 0 Å². The molecule has 2 amide bonds. The molecule has 1 aliphatic carbocycles. The molecule has 7 heteroatoms. The van der Waals surface area contributed by atoms with Gasteiger partial charge in [0.1, 0.15) is 5.00 Å². The average Bonchev–Trinajstić information content (AvgIpc) is 3.18. The van der Waals surface area contributed by atoms with E-state index in [0.717, 1.165) is 29.1 Å². The lowest BCUT2D eigenvalue weighted by Gasteiger charge is -2.27. The molecule has 198 valence electrons. The van der Waals surface area contributed by atoms with Crippen LogP contribution in [0.1, 0.15) is 76.0 Å². The topological polar surface area (TPSA) is 73.5 Å². The molecule has 1 atom stereocenters. The fourth-order valence-electron chi connectivity index (χ4n) is 4.10. The Morgan fingerprint density at radius 1 is 1.31 bits per heavy atom. The van der Waals surface area contributed by atoms with Gasteiger partial charge in [0.25, 0.3) is 5.91 Å². The largest absolute Gasteiger partial charge is 0.364 e. The van der Waals surface area contributed by atoms with E-state index in [9.17, 15) is 9.59 Å². The number of anilines is 1. The Kier molecular flexibility index (Phi) is 11.7. The molecule has 1 fully saturated rings. The lowest BCUT2D eigenvalue weighted by Crippen LogP contribution is -2.50. The van der Waals surface area contributed by atoms with Crippen molar-refractivity contribution in [3.63, 3.8) is 0 Å². The van der Waals surface area contributed by atoms with E-state index in [1.807, 2.05) is 26.0 Å². The minimum absolute atomic E-state index is 0.0705. The monoisotopic (exact) mass is 512 g/mol. The Hall–Kier alpha value is -2.64. The van der Waals surface area contributed by atoms with Crippen molar-refractivity contribution in [3.8, 4) is 0 Å². The van der Waals surface area contributed by atoms with Crippen LogP contribution >= 0.6 is 11.3 Å². The second kappa shape index (κ2) is 14.2.